The molecule has 0 radical (unpaired) electrons. The molecule has 4 aliphatic carbocycles. The van der Waals surface area contributed by atoms with Crippen LogP contribution in [0.5, 0.6) is 0 Å². The average molecular weight is 716 g/mol. The summed E-state index contributed by atoms with van der Waals surface area (Å²) in [6.45, 7) is 7.74. The molecule has 52 heavy (non-hydrogen) atoms. The Morgan fingerprint density at radius 2 is 1.25 bits per heavy atom. The molecule has 0 spiro atoms. The standard InChI is InChI=1S/C45H69N3O4/c1-3-5-7-9-11-13-23-48(24-14-12-10-8-6-4-2)32-41-28-42(38-17-15-34(33-49)16-18-38)52-43(51-41)39-19-21-40(22-20-39)46-44(50)47-45-29-35-25-36(30-45)27-37(26-35)31-45/h15-22,35-37,41-43,49H,3-14,23-33H2,1-2H3,(H2,46,47,50)/t35?,36?,37?,41-,42+,43+,45?/m0/s1. The van der Waals surface area contributed by atoms with E-state index in [1.807, 2.05) is 36.4 Å². The van der Waals surface area contributed by atoms with Crippen LogP contribution in [0.15, 0.2) is 48.5 Å². The number of benzene rings is 2. The lowest BCUT2D eigenvalue weighted by Gasteiger charge is -2.56. The molecule has 288 valence electrons. The first-order valence-electron chi connectivity index (χ1n) is 21.4. The van der Waals surface area contributed by atoms with Gasteiger partial charge in [0.05, 0.1) is 18.8 Å². The van der Waals surface area contributed by atoms with Gasteiger partial charge < -0.3 is 30.1 Å². The Kier molecular flexibility index (Phi) is 14.9. The molecule has 7 heteroatoms. The Labute approximate surface area is 315 Å². The van der Waals surface area contributed by atoms with Gasteiger partial charge in [-0.05, 0) is 105 Å². The van der Waals surface area contributed by atoms with Crippen molar-refractivity contribution in [2.24, 2.45) is 17.8 Å². The number of anilines is 1. The highest BCUT2D eigenvalue weighted by atomic mass is 16.7. The van der Waals surface area contributed by atoms with Crippen molar-refractivity contribution in [1.29, 1.82) is 0 Å². The Morgan fingerprint density at radius 1 is 0.712 bits per heavy atom. The number of rotatable bonds is 21. The van der Waals surface area contributed by atoms with E-state index < -0.39 is 6.29 Å². The molecule has 5 fully saturated rings. The molecule has 1 aliphatic heterocycles. The van der Waals surface area contributed by atoms with E-state index in [1.165, 1.54) is 96.3 Å². The van der Waals surface area contributed by atoms with E-state index in [4.69, 9.17) is 9.47 Å². The molecule has 4 saturated carbocycles. The van der Waals surface area contributed by atoms with Gasteiger partial charge in [0, 0.05) is 29.8 Å². The fourth-order valence-electron chi connectivity index (χ4n) is 10.2. The second-order valence-corrected chi connectivity index (χ2v) is 17.1. The van der Waals surface area contributed by atoms with Gasteiger partial charge in [0.15, 0.2) is 6.29 Å². The molecule has 0 unspecified atom stereocenters. The first kappa shape index (κ1) is 39.2. The van der Waals surface area contributed by atoms with Crippen molar-refractivity contribution in [3.8, 4) is 0 Å². The lowest BCUT2D eigenvalue weighted by atomic mass is 9.53. The van der Waals surface area contributed by atoms with Crippen LogP contribution in [-0.2, 0) is 16.1 Å². The predicted octanol–water partition coefficient (Wildman–Crippen LogP) is 10.8. The topological polar surface area (TPSA) is 83.1 Å². The molecule has 2 aromatic rings. The second-order valence-electron chi connectivity index (χ2n) is 17.1. The van der Waals surface area contributed by atoms with Crippen LogP contribution >= 0.6 is 0 Å². The quantitative estimate of drug-likeness (QED) is 0.112. The zero-order chi connectivity index (χ0) is 36.2. The first-order valence-corrected chi connectivity index (χ1v) is 21.4. The Morgan fingerprint density at radius 3 is 1.81 bits per heavy atom. The van der Waals surface area contributed by atoms with Crippen LogP contribution in [0.1, 0.15) is 165 Å². The maximum absolute atomic E-state index is 13.3. The van der Waals surface area contributed by atoms with Crippen molar-refractivity contribution in [2.75, 3.05) is 25.0 Å². The minimum absolute atomic E-state index is 0.0139. The van der Waals surface area contributed by atoms with Crippen molar-refractivity contribution in [3.05, 3.63) is 65.2 Å². The summed E-state index contributed by atoms with van der Waals surface area (Å²) in [5.41, 5.74) is 3.77. The monoisotopic (exact) mass is 716 g/mol. The summed E-state index contributed by atoms with van der Waals surface area (Å²) >= 11 is 0. The highest BCUT2D eigenvalue weighted by Crippen LogP contribution is 2.55. The third-order valence-electron chi connectivity index (χ3n) is 12.6. The number of ether oxygens (including phenoxy) is 2. The molecular weight excluding hydrogens is 647 g/mol. The highest BCUT2D eigenvalue weighted by molar-refractivity contribution is 5.89. The van der Waals surface area contributed by atoms with E-state index >= 15 is 0 Å². The smallest absolute Gasteiger partial charge is 0.319 e. The number of hydrogen-bond donors (Lipinski definition) is 3. The van der Waals surface area contributed by atoms with Gasteiger partial charge in [-0.3, -0.25) is 0 Å². The van der Waals surface area contributed by atoms with Crippen molar-refractivity contribution in [3.63, 3.8) is 0 Å². The second kappa shape index (κ2) is 19.8. The number of carbonyl (C=O) groups is 1. The number of carbonyl (C=O) groups excluding carboxylic acids is 1. The molecule has 2 amide bonds. The molecular formula is C45H69N3O4. The zero-order valence-electron chi connectivity index (χ0n) is 32.5. The van der Waals surface area contributed by atoms with Crippen LogP contribution in [0.4, 0.5) is 10.5 Å². The predicted molar refractivity (Wildman–Crippen MR) is 211 cm³/mol. The van der Waals surface area contributed by atoms with Crippen LogP contribution in [0, 0.1) is 17.8 Å². The van der Waals surface area contributed by atoms with Gasteiger partial charge in [-0.1, -0.05) is 114 Å². The maximum Gasteiger partial charge on any atom is 0.319 e. The molecule has 1 heterocycles. The molecule has 5 aliphatic rings. The van der Waals surface area contributed by atoms with Gasteiger partial charge >= 0.3 is 6.03 Å². The summed E-state index contributed by atoms with van der Waals surface area (Å²) in [5, 5.41) is 16.2. The van der Waals surface area contributed by atoms with E-state index in [0.29, 0.717) is 0 Å². The number of aliphatic hydroxyl groups is 1. The molecule has 4 bridgehead atoms. The van der Waals surface area contributed by atoms with Crippen LogP contribution in [0.2, 0.25) is 0 Å². The average Bonchev–Trinajstić information content (AvgIpc) is 3.13. The summed E-state index contributed by atoms with van der Waals surface area (Å²) in [6, 6.07) is 16.2. The van der Waals surface area contributed by atoms with Crippen molar-refractivity contribution >= 4 is 11.7 Å². The van der Waals surface area contributed by atoms with Gasteiger partial charge in [0.1, 0.15) is 0 Å². The number of nitrogens with one attached hydrogen (secondary N) is 2. The van der Waals surface area contributed by atoms with E-state index in [-0.39, 0.29) is 30.4 Å². The maximum atomic E-state index is 13.3. The van der Waals surface area contributed by atoms with Gasteiger partial charge in [0.2, 0.25) is 0 Å². The Bertz CT molecular complexity index is 1300. The van der Waals surface area contributed by atoms with Crippen LogP contribution in [-0.4, -0.2) is 47.3 Å². The molecule has 3 N–H and O–H groups in total. The van der Waals surface area contributed by atoms with Gasteiger partial charge in [-0.2, -0.15) is 0 Å². The van der Waals surface area contributed by atoms with Crippen LogP contribution < -0.4 is 10.6 Å². The third-order valence-corrected chi connectivity index (χ3v) is 12.6. The fourth-order valence-corrected chi connectivity index (χ4v) is 10.2. The summed E-state index contributed by atoms with van der Waals surface area (Å²) in [5.74, 6) is 2.37. The Hall–Kier alpha value is -2.45. The van der Waals surface area contributed by atoms with Crippen molar-refractivity contribution in [1.82, 2.24) is 10.2 Å². The van der Waals surface area contributed by atoms with Crippen molar-refractivity contribution in [2.45, 2.75) is 166 Å². The SMILES string of the molecule is CCCCCCCCN(CCCCCCCC)C[C@@H]1C[C@H](c2ccc(CO)cc2)O[C@H](c2ccc(NC(=O)NC34CC5CC(CC(C5)C3)C4)cc2)O1. The third kappa shape index (κ3) is 11.3. The number of hydrogen-bond acceptors (Lipinski definition) is 5. The van der Waals surface area contributed by atoms with E-state index in [9.17, 15) is 9.90 Å². The number of amides is 2. The molecule has 7 nitrogen and oxygen atoms in total. The first-order chi connectivity index (χ1) is 25.4. The summed E-state index contributed by atoms with van der Waals surface area (Å²) in [6.07, 6.45) is 23.4. The zero-order valence-corrected chi connectivity index (χ0v) is 32.5. The molecule has 7 rings (SSSR count). The normalized spacial score (nSPS) is 28.0. The van der Waals surface area contributed by atoms with E-state index in [1.54, 1.807) is 0 Å². The van der Waals surface area contributed by atoms with Gasteiger partial charge in [-0.15, -0.1) is 0 Å². The van der Waals surface area contributed by atoms with Crippen molar-refractivity contribution < 1.29 is 19.4 Å². The largest absolute Gasteiger partial charge is 0.392 e. The minimum atomic E-state index is -0.499. The lowest BCUT2D eigenvalue weighted by molar-refractivity contribution is -0.253. The number of aliphatic hydroxyl groups excluding tert-OH is 1. The molecule has 1 saturated heterocycles. The number of unbranched alkanes of at least 4 members (excludes halogenated alkanes) is 10. The molecule has 3 atom stereocenters. The number of nitrogens with zero attached hydrogens (tertiary/aromatic N) is 1. The number of urea groups is 1. The van der Waals surface area contributed by atoms with Gasteiger partial charge in [-0.25, -0.2) is 4.79 Å². The minimum Gasteiger partial charge on any atom is -0.392 e. The van der Waals surface area contributed by atoms with Gasteiger partial charge in [0.25, 0.3) is 0 Å². The van der Waals surface area contributed by atoms with Crippen LogP contribution in [0.25, 0.3) is 0 Å². The van der Waals surface area contributed by atoms with Crippen LogP contribution in [0.3, 0.4) is 0 Å². The van der Waals surface area contributed by atoms with E-state index in [2.05, 4.69) is 41.5 Å². The molecule has 0 aromatic heterocycles. The molecule has 2 aromatic carbocycles. The fraction of sp³-hybridized carbons (Fsp3) is 0.711. The summed E-state index contributed by atoms with van der Waals surface area (Å²) in [4.78, 5) is 15.9. The van der Waals surface area contributed by atoms with E-state index in [0.717, 1.165) is 85.4 Å². The lowest BCUT2D eigenvalue weighted by Crippen LogP contribution is -2.60. The summed E-state index contributed by atoms with van der Waals surface area (Å²) in [7, 11) is 0. The Balaban J connectivity index is 1.09. The summed E-state index contributed by atoms with van der Waals surface area (Å²) < 4.78 is 13.5. The highest BCUT2D eigenvalue weighted by Gasteiger charge is 2.51.